The minimum atomic E-state index is 0.0992. The number of rotatable bonds is 5. The highest BCUT2D eigenvalue weighted by Crippen LogP contribution is 2.24. The molecule has 1 aromatic carbocycles. The van der Waals surface area contributed by atoms with E-state index in [-0.39, 0.29) is 11.6 Å². The van der Waals surface area contributed by atoms with Crippen molar-refractivity contribution in [1.29, 1.82) is 0 Å². The molecule has 0 amide bonds. The van der Waals surface area contributed by atoms with Gasteiger partial charge in [0.15, 0.2) is 0 Å². The summed E-state index contributed by atoms with van der Waals surface area (Å²) >= 11 is 0. The summed E-state index contributed by atoms with van der Waals surface area (Å²) in [6.07, 6.45) is 2.41. The van der Waals surface area contributed by atoms with Crippen molar-refractivity contribution in [2.45, 2.75) is 58.3 Å². The van der Waals surface area contributed by atoms with Crippen LogP contribution in [0.5, 0.6) is 0 Å². The van der Waals surface area contributed by atoms with Crippen LogP contribution in [0.25, 0.3) is 0 Å². The second-order valence-corrected chi connectivity index (χ2v) is 6.98. The van der Waals surface area contributed by atoms with Crippen molar-refractivity contribution in [1.82, 2.24) is 5.32 Å². The number of hydrogen-bond acceptors (Lipinski definition) is 3. The zero-order valence-electron chi connectivity index (χ0n) is 13.8. The Kier molecular flexibility index (Phi) is 5.80. The smallest absolute Gasteiger partial charge is 0.0953 e. The second kappa shape index (κ2) is 7.39. The first-order valence-electron chi connectivity index (χ1n) is 7.99. The summed E-state index contributed by atoms with van der Waals surface area (Å²) in [6.45, 7) is 11.2. The number of nitrogens with one attached hydrogen (secondary N) is 1. The van der Waals surface area contributed by atoms with E-state index in [1.54, 1.807) is 0 Å². The molecule has 1 saturated heterocycles. The fraction of sp³-hybridized carbons (Fsp3) is 0.667. The molecule has 1 aromatic rings. The molecule has 1 fully saturated rings. The average molecular weight is 291 g/mol. The Morgan fingerprint density at radius 2 is 1.81 bits per heavy atom. The zero-order valence-corrected chi connectivity index (χ0v) is 13.8. The third kappa shape index (κ3) is 5.77. The molecule has 3 nitrogen and oxygen atoms in total. The topological polar surface area (TPSA) is 30.5 Å². The first-order valence-corrected chi connectivity index (χ1v) is 7.99. The Bertz CT molecular complexity index is 416. The van der Waals surface area contributed by atoms with Gasteiger partial charge in [0.1, 0.15) is 0 Å². The van der Waals surface area contributed by atoms with Crippen LogP contribution in [0, 0.1) is 6.92 Å². The molecule has 0 aromatic heterocycles. The summed E-state index contributed by atoms with van der Waals surface area (Å²) in [5, 5.41) is 3.57. The van der Waals surface area contributed by atoms with Gasteiger partial charge in [-0.15, -0.1) is 0 Å². The molecule has 3 heteroatoms. The summed E-state index contributed by atoms with van der Waals surface area (Å²) in [5.41, 5.74) is 2.64. The third-order valence-electron chi connectivity index (χ3n) is 3.79. The predicted octanol–water partition coefficient (Wildman–Crippen LogP) is 3.62. The fourth-order valence-electron chi connectivity index (χ4n) is 2.47. The SMILES string of the molecule is Cc1ccc(C(CNC(C)(C)C)OC2CCOCC2)cc1. The molecule has 1 aliphatic rings. The van der Waals surface area contributed by atoms with Crippen LogP contribution in [0.15, 0.2) is 24.3 Å². The van der Waals surface area contributed by atoms with Gasteiger partial charge < -0.3 is 14.8 Å². The molecule has 1 unspecified atom stereocenters. The first-order chi connectivity index (χ1) is 9.94. The van der Waals surface area contributed by atoms with E-state index < -0.39 is 0 Å². The summed E-state index contributed by atoms with van der Waals surface area (Å²) in [7, 11) is 0. The molecule has 21 heavy (non-hydrogen) atoms. The third-order valence-corrected chi connectivity index (χ3v) is 3.79. The number of aryl methyl sites for hydroxylation is 1. The molecule has 0 spiro atoms. The highest BCUT2D eigenvalue weighted by Gasteiger charge is 2.22. The quantitative estimate of drug-likeness (QED) is 0.899. The van der Waals surface area contributed by atoms with Crippen molar-refractivity contribution >= 4 is 0 Å². The minimum absolute atomic E-state index is 0.0992. The van der Waals surface area contributed by atoms with Crippen LogP contribution in [0.3, 0.4) is 0 Å². The van der Waals surface area contributed by atoms with Gasteiger partial charge in [0.05, 0.1) is 12.2 Å². The van der Waals surface area contributed by atoms with Crippen molar-refractivity contribution in [3.8, 4) is 0 Å². The van der Waals surface area contributed by atoms with Gasteiger partial charge >= 0.3 is 0 Å². The normalized spacial score (nSPS) is 18.7. The molecular formula is C18H29NO2. The highest BCUT2D eigenvalue weighted by atomic mass is 16.5. The zero-order chi connectivity index (χ0) is 15.3. The van der Waals surface area contributed by atoms with Gasteiger partial charge in [0.2, 0.25) is 0 Å². The van der Waals surface area contributed by atoms with E-state index in [0.717, 1.165) is 32.6 Å². The van der Waals surface area contributed by atoms with Gasteiger partial charge in [-0.1, -0.05) is 29.8 Å². The van der Waals surface area contributed by atoms with Crippen LogP contribution in [0.2, 0.25) is 0 Å². The maximum atomic E-state index is 6.37. The molecule has 1 N–H and O–H groups in total. The van der Waals surface area contributed by atoms with Crippen molar-refractivity contribution in [3.05, 3.63) is 35.4 Å². The van der Waals surface area contributed by atoms with Crippen molar-refractivity contribution in [2.24, 2.45) is 0 Å². The van der Waals surface area contributed by atoms with E-state index in [1.165, 1.54) is 11.1 Å². The van der Waals surface area contributed by atoms with Crippen LogP contribution in [0.4, 0.5) is 0 Å². The molecule has 0 radical (unpaired) electrons. The maximum Gasteiger partial charge on any atom is 0.0953 e. The van der Waals surface area contributed by atoms with Crippen LogP contribution < -0.4 is 5.32 Å². The number of ether oxygens (including phenoxy) is 2. The lowest BCUT2D eigenvalue weighted by atomic mass is 10.0. The fourth-order valence-corrected chi connectivity index (χ4v) is 2.47. The van der Waals surface area contributed by atoms with E-state index in [1.807, 2.05) is 0 Å². The van der Waals surface area contributed by atoms with Gasteiger partial charge in [-0.05, 0) is 46.1 Å². The predicted molar refractivity (Wildman–Crippen MR) is 86.6 cm³/mol. The lowest BCUT2D eigenvalue weighted by Gasteiger charge is -2.30. The van der Waals surface area contributed by atoms with Crippen LogP contribution in [0.1, 0.15) is 50.8 Å². The summed E-state index contributed by atoms with van der Waals surface area (Å²) in [4.78, 5) is 0. The van der Waals surface area contributed by atoms with Gasteiger partial charge in [-0.25, -0.2) is 0 Å². The average Bonchev–Trinajstić information content (AvgIpc) is 2.45. The van der Waals surface area contributed by atoms with Crippen LogP contribution in [-0.2, 0) is 9.47 Å². The first kappa shape index (κ1) is 16.5. The second-order valence-electron chi connectivity index (χ2n) is 6.98. The Morgan fingerprint density at radius 1 is 1.19 bits per heavy atom. The Morgan fingerprint density at radius 3 is 2.38 bits per heavy atom. The monoisotopic (exact) mass is 291 g/mol. The highest BCUT2D eigenvalue weighted by molar-refractivity contribution is 5.23. The Hall–Kier alpha value is -0.900. The van der Waals surface area contributed by atoms with Gasteiger partial charge in [-0.3, -0.25) is 0 Å². The van der Waals surface area contributed by atoms with Gasteiger partial charge in [0.25, 0.3) is 0 Å². The lowest BCUT2D eigenvalue weighted by molar-refractivity contribution is -0.0702. The summed E-state index contributed by atoms with van der Waals surface area (Å²) in [6, 6.07) is 8.69. The molecule has 1 aliphatic heterocycles. The van der Waals surface area contributed by atoms with Crippen LogP contribution in [-0.4, -0.2) is 31.4 Å². The minimum Gasteiger partial charge on any atom is -0.381 e. The summed E-state index contributed by atoms with van der Waals surface area (Å²) < 4.78 is 11.8. The lowest BCUT2D eigenvalue weighted by Crippen LogP contribution is -2.40. The number of benzene rings is 1. The molecule has 0 saturated carbocycles. The maximum absolute atomic E-state index is 6.37. The van der Waals surface area contributed by atoms with Crippen molar-refractivity contribution < 1.29 is 9.47 Å². The van der Waals surface area contributed by atoms with Gasteiger partial charge in [0, 0.05) is 25.3 Å². The van der Waals surface area contributed by atoms with Crippen molar-refractivity contribution in [3.63, 3.8) is 0 Å². The Labute approximate surface area is 129 Å². The molecule has 2 rings (SSSR count). The molecule has 1 atom stereocenters. The van der Waals surface area contributed by atoms with Gasteiger partial charge in [-0.2, -0.15) is 0 Å². The van der Waals surface area contributed by atoms with E-state index in [9.17, 15) is 0 Å². The number of hydrogen-bond donors (Lipinski definition) is 1. The molecule has 0 aliphatic carbocycles. The van der Waals surface area contributed by atoms with Crippen molar-refractivity contribution in [2.75, 3.05) is 19.8 Å². The largest absolute Gasteiger partial charge is 0.381 e. The Balaban J connectivity index is 2.03. The van der Waals surface area contributed by atoms with E-state index in [0.29, 0.717) is 6.10 Å². The van der Waals surface area contributed by atoms with E-state index >= 15 is 0 Å². The summed E-state index contributed by atoms with van der Waals surface area (Å²) in [5.74, 6) is 0. The van der Waals surface area contributed by atoms with E-state index in [2.05, 4.69) is 57.3 Å². The molecule has 118 valence electrons. The molecule has 0 bridgehead atoms. The van der Waals surface area contributed by atoms with E-state index in [4.69, 9.17) is 9.47 Å². The molecule has 1 heterocycles. The molecular weight excluding hydrogens is 262 g/mol. The standard InChI is InChI=1S/C18H29NO2/c1-14-5-7-15(8-6-14)17(13-19-18(2,3)4)21-16-9-11-20-12-10-16/h5-8,16-17,19H,9-13H2,1-4H3. The van der Waals surface area contributed by atoms with Crippen LogP contribution >= 0.6 is 0 Å².